The summed E-state index contributed by atoms with van der Waals surface area (Å²) in [6.07, 6.45) is 0. The number of rotatable bonds is 8. The summed E-state index contributed by atoms with van der Waals surface area (Å²) in [7, 11) is 1.75. The highest BCUT2D eigenvalue weighted by Crippen LogP contribution is 2.03. The fourth-order valence-corrected chi connectivity index (χ4v) is 1.03. The molecule has 2 N–H and O–H groups in total. The van der Waals surface area contributed by atoms with Gasteiger partial charge in [-0.05, 0) is 26.3 Å². The second-order valence-electron chi connectivity index (χ2n) is 4.74. The summed E-state index contributed by atoms with van der Waals surface area (Å²) in [6, 6.07) is 0. The quantitative estimate of drug-likeness (QED) is 0.581. The number of nitrogens with one attached hydrogen (secondary N) is 2. The maximum atomic E-state index is 5.30. The molecule has 0 bridgehead atoms. The fraction of sp³-hybridized carbons (Fsp3) is 1.00. The van der Waals surface area contributed by atoms with E-state index in [1.807, 2.05) is 0 Å². The molecule has 0 aliphatic rings. The molecular weight excluding hydrogens is 176 g/mol. The Labute approximate surface area is 88.6 Å². The molecule has 0 aliphatic carbocycles. The first kappa shape index (κ1) is 13.9. The van der Waals surface area contributed by atoms with E-state index in [4.69, 9.17) is 4.74 Å². The highest BCUT2D eigenvalue weighted by Gasteiger charge is 2.14. The third kappa shape index (κ3) is 8.48. The van der Waals surface area contributed by atoms with Gasteiger partial charge in [0.05, 0.1) is 5.60 Å². The van der Waals surface area contributed by atoms with Gasteiger partial charge in [-0.25, -0.2) is 0 Å². The lowest BCUT2D eigenvalue weighted by Crippen LogP contribution is -2.39. The third-order valence-electron chi connectivity index (χ3n) is 2.13. The topological polar surface area (TPSA) is 33.3 Å². The predicted molar refractivity (Wildman–Crippen MR) is 61.7 cm³/mol. The Morgan fingerprint density at radius 1 is 1.14 bits per heavy atom. The molecule has 86 valence electrons. The second-order valence-corrected chi connectivity index (χ2v) is 4.74. The van der Waals surface area contributed by atoms with Crippen LogP contribution < -0.4 is 10.6 Å². The van der Waals surface area contributed by atoms with E-state index in [1.54, 1.807) is 7.11 Å². The molecule has 0 saturated heterocycles. The molecule has 0 aliphatic heterocycles. The van der Waals surface area contributed by atoms with Crippen LogP contribution >= 0.6 is 0 Å². The van der Waals surface area contributed by atoms with E-state index in [0.29, 0.717) is 0 Å². The first-order chi connectivity index (χ1) is 6.48. The van der Waals surface area contributed by atoms with E-state index < -0.39 is 0 Å². The van der Waals surface area contributed by atoms with Gasteiger partial charge in [0.15, 0.2) is 0 Å². The van der Waals surface area contributed by atoms with Gasteiger partial charge in [0.25, 0.3) is 0 Å². The highest BCUT2D eigenvalue weighted by atomic mass is 16.5. The van der Waals surface area contributed by atoms with Crippen LogP contribution in [0.25, 0.3) is 0 Å². The summed E-state index contributed by atoms with van der Waals surface area (Å²) in [5.74, 6) is 0.727. The van der Waals surface area contributed by atoms with Crippen LogP contribution in [-0.4, -0.2) is 38.9 Å². The molecule has 0 heterocycles. The SMILES string of the molecule is COC(C)(C)CNCCNCC(C)C. The van der Waals surface area contributed by atoms with Gasteiger partial charge in [0.2, 0.25) is 0 Å². The summed E-state index contributed by atoms with van der Waals surface area (Å²) in [5.41, 5.74) is -0.0575. The zero-order valence-electron chi connectivity index (χ0n) is 10.3. The molecule has 0 amide bonds. The van der Waals surface area contributed by atoms with Crippen LogP contribution in [-0.2, 0) is 4.74 Å². The van der Waals surface area contributed by atoms with E-state index in [0.717, 1.165) is 32.1 Å². The average Bonchev–Trinajstić information content (AvgIpc) is 2.10. The summed E-state index contributed by atoms with van der Waals surface area (Å²) in [6.45, 7) is 12.6. The summed E-state index contributed by atoms with van der Waals surface area (Å²) >= 11 is 0. The Morgan fingerprint density at radius 2 is 1.71 bits per heavy atom. The normalized spacial score (nSPS) is 12.4. The standard InChI is InChI=1S/C11H26N2O/c1-10(2)8-12-6-7-13-9-11(3,4)14-5/h10,12-13H,6-9H2,1-5H3. The van der Waals surface area contributed by atoms with Gasteiger partial charge in [0, 0.05) is 26.7 Å². The Bertz CT molecular complexity index is 135. The minimum absolute atomic E-state index is 0.0575. The molecule has 0 atom stereocenters. The summed E-state index contributed by atoms with van der Waals surface area (Å²) in [4.78, 5) is 0. The molecule has 0 rings (SSSR count). The van der Waals surface area contributed by atoms with Crippen LogP contribution in [0.4, 0.5) is 0 Å². The van der Waals surface area contributed by atoms with Crippen LogP contribution in [0.15, 0.2) is 0 Å². The second kappa shape index (κ2) is 7.21. The van der Waals surface area contributed by atoms with Crippen molar-refractivity contribution in [1.29, 1.82) is 0 Å². The molecule has 0 saturated carbocycles. The molecule has 0 aromatic rings. The molecule has 3 heteroatoms. The molecule has 14 heavy (non-hydrogen) atoms. The third-order valence-corrected chi connectivity index (χ3v) is 2.13. The van der Waals surface area contributed by atoms with Crippen molar-refractivity contribution in [2.24, 2.45) is 5.92 Å². The molecule has 0 aromatic carbocycles. The van der Waals surface area contributed by atoms with E-state index >= 15 is 0 Å². The van der Waals surface area contributed by atoms with Crippen molar-refractivity contribution in [2.75, 3.05) is 33.3 Å². The fourth-order valence-electron chi connectivity index (χ4n) is 1.03. The van der Waals surface area contributed by atoms with Crippen molar-refractivity contribution in [2.45, 2.75) is 33.3 Å². The van der Waals surface area contributed by atoms with Gasteiger partial charge in [-0.1, -0.05) is 13.8 Å². The van der Waals surface area contributed by atoms with Crippen molar-refractivity contribution in [3.05, 3.63) is 0 Å². The largest absolute Gasteiger partial charge is 0.377 e. The minimum Gasteiger partial charge on any atom is -0.377 e. The Kier molecular flexibility index (Phi) is 7.15. The maximum Gasteiger partial charge on any atom is 0.0746 e. The number of hydrogen-bond donors (Lipinski definition) is 2. The van der Waals surface area contributed by atoms with Crippen molar-refractivity contribution in [3.8, 4) is 0 Å². The van der Waals surface area contributed by atoms with Gasteiger partial charge >= 0.3 is 0 Å². The molecule has 0 spiro atoms. The van der Waals surface area contributed by atoms with Crippen molar-refractivity contribution >= 4 is 0 Å². The van der Waals surface area contributed by atoms with Crippen LogP contribution in [0.3, 0.4) is 0 Å². The molecule has 0 fully saturated rings. The summed E-state index contributed by atoms with van der Waals surface area (Å²) < 4.78 is 5.30. The number of hydrogen-bond acceptors (Lipinski definition) is 3. The Hall–Kier alpha value is -0.120. The minimum atomic E-state index is -0.0575. The molecule has 3 nitrogen and oxygen atoms in total. The lowest BCUT2D eigenvalue weighted by atomic mass is 10.1. The van der Waals surface area contributed by atoms with E-state index in [9.17, 15) is 0 Å². The van der Waals surface area contributed by atoms with E-state index in [2.05, 4.69) is 38.3 Å². The number of ether oxygens (including phenoxy) is 1. The summed E-state index contributed by atoms with van der Waals surface area (Å²) in [5, 5.41) is 6.75. The molecule has 0 aromatic heterocycles. The highest BCUT2D eigenvalue weighted by molar-refractivity contribution is 4.71. The smallest absolute Gasteiger partial charge is 0.0746 e. The van der Waals surface area contributed by atoms with Crippen molar-refractivity contribution < 1.29 is 4.74 Å². The predicted octanol–water partition coefficient (Wildman–Crippen LogP) is 1.25. The van der Waals surface area contributed by atoms with Gasteiger partial charge < -0.3 is 15.4 Å². The molecule has 0 radical (unpaired) electrons. The van der Waals surface area contributed by atoms with Crippen LogP contribution in [0.2, 0.25) is 0 Å². The zero-order valence-corrected chi connectivity index (χ0v) is 10.3. The monoisotopic (exact) mass is 202 g/mol. The van der Waals surface area contributed by atoms with Gasteiger partial charge in [0.1, 0.15) is 0 Å². The van der Waals surface area contributed by atoms with Crippen LogP contribution in [0.5, 0.6) is 0 Å². The lowest BCUT2D eigenvalue weighted by Gasteiger charge is -2.23. The first-order valence-corrected chi connectivity index (χ1v) is 5.44. The molecule has 0 unspecified atom stereocenters. The zero-order chi connectivity index (χ0) is 11.0. The van der Waals surface area contributed by atoms with Gasteiger partial charge in [-0.15, -0.1) is 0 Å². The van der Waals surface area contributed by atoms with Gasteiger partial charge in [-0.3, -0.25) is 0 Å². The van der Waals surface area contributed by atoms with E-state index in [1.165, 1.54) is 0 Å². The average molecular weight is 202 g/mol. The van der Waals surface area contributed by atoms with Crippen LogP contribution in [0.1, 0.15) is 27.7 Å². The maximum absolute atomic E-state index is 5.30. The molecular formula is C11H26N2O. The van der Waals surface area contributed by atoms with Crippen molar-refractivity contribution in [1.82, 2.24) is 10.6 Å². The van der Waals surface area contributed by atoms with Crippen molar-refractivity contribution in [3.63, 3.8) is 0 Å². The lowest BCUT2D eigenvalue weighted by molar-refractivity contribution is 0.0235. The van der Waals surface area contributed by atoms with E-state index in [-0.39, 0.29) is 5.60 Å². The first-order valence-electron chi connectivity index (χ1n) is 5.44. The Morgan fingerprint density at radius 3 is 2.21 bits per heavy atom. The number of methoxy groups -OCH3 is 1. The Balaban J connectivity index is 3.21. The van der Waals surface area contributed by atoms with Gasteiger partial charge in [-0.2, -0.15) is 0 Å². The van der Waals surface area contributed by atoms with Crippen LogP contribution in [0, 0.1) is 5.92 Å².